The van der Waals surface area contributed by atoms with Crippen LogP contribution >= 0.6 is 0 Å². The summed E-state index contributed by atoms with van der Waals surface area (Å²) in [5, 5.41) is 19.2. The summed E-state index contributed by atoms with van der Waals surface area (Å²) in [5.74, 6) is 1.47. The van der Waals surface area contributed by atoms with Gasteiger partial charge in [0.15, 0.2) is 12.1 Å². The minimum Gasteiger partial charge on any atom is -0.494 e. The molecule has 0 spiro atoms. The zero-order chi connectivity index (χ0) is 22.2. The fourth-order valence-electron chi connectivity index (χ4n) is 3.72. The van der Waals surface area contributed by atoms with Crippen molar-refractivity contribution < 1.29 is 14.5 Å². The fourth-order valence-corrected chi connectivity index (χ4v) is 3.72. The molecule has 1 aliphatic heterocycles. The first-order chi connectivity index (χ1) is 15.6. The first-order valence-electron chi connectivity index (χ1n) is 10.3. The minimum atomic E-state index is -0.403. The van der Waals surface area contributed by atoms with E-state index in [1.807, 2.05) is 4.90 Å². The van der Waals surface area contributed by atoms with E-state index < -0.39 is 4.92 Å². The standard InChI is InChI=1S/C21H21N7O4/c1-32-18-10-16(26-7-2-8-26)17(28(30)31)9-15(18)23-21-22-6-5-19(24-21)27-11-14(12-29)20(25-27)13-3-4-13/h5-6,9-13H,2-4,7-8H2,1H3,(H,22,23,24). The monoisotopic (exact) mass is 435 g/mol. The quantitative estimate of drug-likeness (QED) is 0.322. The molecule has 11 heteroatoms. The molecule has 5 rings (SSSR count). The molecule has 11 nitrogen and oxygen atoms in total. The SMILES string of the molecule is COc1cc(N2CCC2)c([N+](=O)[O-])cc1Nc1nccc(-n2cc(C=O)c(C3CC3)n2)n1. The number of anilines is 3. The summed E-state index contributed by atoms with van der Waals surface area (Å²) in [5.41, 5.74) is 2.24. The van der Waals surface area contributed by atoms with Gasteiger partial charge >= 0.3 is 0 Å². The maximum Gasteiger partial charge on any atom is 0.294 e. The molecule has 1 aromatic carbocycles. The number of aldehydes is 1. The molecule has 3 heterocycles. The van der Waals surface area contributed by atoms with Crippen LogP contribution in [0.4, 0.5) is 23.0 Å². The molecule has 0 atom stereocenters. The van der Waals surface area contributed by atoms with E-state index in [4.69, 9.17) is 4.74 Å². The van der Waals surface area contributed by atoms with Crippen molar-refractivity contribution >= 4 is 29.3 Å². The van der Waals surface area contributed by atoms with Crippen LogP contribution in [-0.4, -0.2) is 51.2 Å². The number of nitrogens with zero attached hydrogens (tertiary/aromatic N) is 6. The number of methoxy groups -OCH3 is 1. The number of benzene rings is 1. The summed E-state index contributed by atoms with van der Waals surface area (Å²) in [6.45, 7) is 1.55. The van der Waals surface area contributed by atoms with Crippen molar-refractivity contribution in [2.75, 3.05) is 30.4 Å². The second-order valence-corrected chi connectivity index (χ2v) is 7.81. The Morgan fingerprint density at radius 3 is 2.75 bits per heavy atom. The van der Waals surface area contributed by atoms with Crippen molar-refractivity contribution in [3.05, 3.63) is 52.0 Å². The highest BCUT2D eigenvalue weighted by Gasteiger charge is 2.30. The number of ether oxygens (including phenoxy) is 1. The molecule has 2 fully saturated rings. The predicted octanol–water partition coefficient (Wildman–Crippen LogP) is 3.22. The van der Waals surface area contributed by atoms with Gasteiger partial charge in [0, 0.05) is 49.6 Å². The number of hydrogen-bond acceptors (Lipinski definition) is 9. The van der Waals surface area contributed by atoms with Gasteiger partial charge in [-0.3, -0.25) is 14.9 Å². The first-order valence-corrected chi connectivity index (χ1v) is 10.3. The molecule has 0 radical (unpaired) electrons. The maximum absolute atomic E-state index is 11.7. The van der Waals surface area contributed by atoms with E-state index in [0.717, 1.165) is 44.3 Å². The summed E-state index contributed by atoms with van der Waals surface area (Å²) in [6, 6.07) is 4.78. The van der Waals surface area contributed by atoms with Gasteiger partial charge < -0.3 is 15.0 Å². The van der Waals surface area contributed by atoms with Crippen molar-refractivity contribution in [2.45, 2.75) is 25.2 Å². The lowest BCUT2D eigenvalue weighted by Crippen LogP contribution is -2.37. The largest absolute Gasteiger partial charge is 0.494 e. The van der Waals surface area contributed by atoms with Gasteiger partial charge in [-0.05, 0) is 19.3 Å². The van der Waals surface area contributed by atoms with Crippen LogP contribution in [-0.2, 0) is 0 Å². The lowest BCUT2D eigenvalue weighted by Gasteiger charge is -2.33. The van der Waals surface area contributed by atoms with Crippen LogP contribution in [0.5, 0.6) is 5.75 Å². The van der Waals surface area contributed by atoms with E-state index in [0.29, 0.717) is 34.4 Å². The normalized spacial score (nSPS) is 15.2. The molecule has 2 aromatic heterocycles. The third-order valence-corrected chi connectivity index (χ3v) is 5.68. The van der Waals surface area contributed by atoms with Crippen LogP contribution in [0, 0.1) is 10.1 Å². The van der Waals surface area contributed by atoms with Crippen LogP contribution in [0.1, 0.15) is 41.2 Å². The van der Waals surface area contributed by atoms with Crippen LogP contribution in [0.3, 0.4) is 0 Å². The molecule has 2 aliphatic rings. The summed E-state index contributed by atoms with van der Waals surface area (Å²) in [6.07, 6.45) is 7.07. The summed E-state index contributed by atoms with van der Waals surface area (Å²) in [4.78, 5) is 33.3. The highest BCUT2D eigenvalue weighted by molar-refractivity contribution is 5.78. The van der Waals surface area contributed by atoms with Crippen LogP contribution in [0.2, 0.25) is 0 Å². The van der Waals surface area contributed by atoms with Crippen molar-refractivity contribution in [3.8, 4) is 11.6 Å². The molecule has 1 saturated heterocycles. The zero-order valence-corrected chi connectivity index (χ0v) is 17.4. The Morgan fingerprint density at radius 2 is 2.12 bits per heavy atom. The van der Waals surface area contributed by atoms with E-state index in [9.17, 15) is 14.9 Å². The van der Waals surface area contributed by atoms with Gasteiger partial charge in [-0.1, -0.05) is 0 Å². The van der Waals surface area contributed by atoms with Gasteiger partial charge in [-0.25, -0.2) is 9.67 Å². The predicted molar refractivity (Wildman–Crippen MR) is 116 cm³/mol. The summed E-state index contributed by atoms with van der Waals surface area (Å²) < 4.78 is 7.02. The molecule has 1 saturated carbocycles. The van der Waals surface area contributed by atoms with Crippen LogP contribution in [0.15, 0.2) is 30.6 Å². The molecule has 1 aliphatic carbocycles. The molecular weight excluding hydrogens is 414 g/mol. The average Bonchev–Trinajstić information content (AvgIpc) is 3.51. The highest BCUT2D eigenvalue weighted by Crippen LogP contribution is 2.41. The molecule has 3 aromatic rings. The second-order valence-electron chi connectivity index (χ2n) is 7.81. The van der Waals surface area contributed by atoms with Gasteiger partial charge in [-0.15, -0.1) is 0 Å². The Kier molecular flexibility index (Phi) is 4.92. The molecule has 32 heavy (non-hydrogen) atoms. The van der Waals surface area contributed by atoms with Gasteiger partial charge in [0.2, 0.25) is 5.95 Å². The second kappa shape index (κ2) is 7.91. The Bertz CT molecular complexity index is 1200. The Morgan fingerprint density at radius 1 is 1.31 bits per heavy atom. The third-order valence-electron chi connectivity index (χ3n) is 5.68. The number of carbonyl (C=O) groups excluding carboxylic acids is 1. The first kappa shape index (κ1) is 19.9. The molecule has 0 unspecified atom stereocenters. The van der Waals surface area contributed by atoms with Crippen molar-refractivity contribution in [3.63, 3.8) is 0 Å². The molecule has 1 N–H and O–H groups in total. The van der Waals surface area contributed by atoms with E-state index in [1.54, 1.807) is 29.2 Å². The number of nitro groups is 1. The maximum atomic E-state index is 11.7. The summed E-state index contributed by atoms with van der Waals surface area (Å²) in [7, 11) is 1.51. The number of nitro benzene ring substituents is 1. The average molecular weight is 435 g/mol. The number of rotatable bonds is 8. The Labute approximate surface area is 183 Å². The van der Waals surface area contributed by atoms with Crippen LogP contribution < -0.4 is 15.0 Å². The van der Waals surface area contributed by atoms with Gasteiger partial charge in [0.1, 0.15) is 11.4 Å². The van der Waals surface area contributed by atoms with Crippen molar-refractivity contribution in [1.29, 1.82) is 0 Å². The topological polar surface area (TPSA) is 128 Å². The summed E-state index contributed by atoms with van der Waals surface area (Å²) >= 11 is 0. The van der Waals surface area contributed by atoms with E-state index in [-0.39, 0.29) is 11.6 Å². The van der Waals surface area contributed by atoms with Gasteiger partial charge in [-0.2, -0.15) is 10.1 Å². The molecule has 164 valence electrons. The number of nitrogens with one attached hydrogen (secondary N) is 1. The lowest BCUT2D eigenvalue weighted by atomic mass is 10.1. The number of carbonyl (C=O) groups is 1. The molecule has 0 bridgehead atoms. The van der Waals surface area contributed by atoms with E-state index >= 15 is 0 Å². The van der Waals surface area contributed by atoms with E-state index in [1.165, 1.54) is 13.2 Å². The smallest absolute Gasteiger partial charge is 0.294 e. The van der Waals surface area contributed by atoms with Gasteiger partial charge in [0.25, 0.3) is 5.69 Å². The Balaban J connectivity index is 1.47. The van der Waals surface area contributed by atoms with Crippen molar-refractivity contribution in [2.24, 2.45) is 0 Å². The lowest BCUT2D eigenvalue weighted by molar-refractivity contribution is -0.384. The van der Waals surface area contributed by atoms with E-state index in [2.05, 4.69) is 20.4 Å². The minimum absolute atomic E-state index is 0.0130. The third kappa shape index (κ3) is 3.61. The fraction of sp³-hybridized carbons (Fsp3) is 0.333. The van der Waals surface area contributed by atoms with Gasteiger partial charge in [0.05, 0.1) is 29.0 Å². The highest BCUT2D eigenvalue weighted by atomic mass is 16.6. The molecular formula is C21H21N7O4. The van der Waals surface area contributed by atoms with Crippen molar-refractivity contribution in [1.82, 2.24) is 19.7 Å². The van der Waals surface area contributed by atoms with Crippen LogP contribution in [0.25, 0.3) is 5.82 Å². The molecule has 0 amide bonds. The number of hydrogen-bond donors (Lipinski definition) is 1. The zero-order valence-electron chi connectivity index (χ0n) is 17.4. The number of aromatic nitrogens is 4. The Hall–Kier alpha value is -4.02.